The standard InChI is InChI=1S/C8H15NO3/c1-9-7(3-2-6-10)4-5-8(11)12/h6-7,9H,2-5H2,1H3,(H,11,12). The number of carbonyl (C=O) groups is 2. The molecule has 0 aromatic rings. The Labute approximate surface area is 72.0 Å². The maximum absolute atomic E-state index is 10.2. The molecular weight excluding hydrogens is 158 g/mol. The predicted octanol–water partition coefficient (Wildman–Crippen LogP) is 0.418. The van der Waals surface area contributed by atoms with Crippen molar-refractivity contribution in [3.05, 3.63) is 0 Å². The highest BCUT2D eigenvalue weighted by Gasteiger charge is 2.07. The molecule has 0 bridgehead atoms. The Balaban J connectivity index is 3.52. The van der Waals surface area contributed by atoms with E-state index in [1.54, 1.807) is 7.05 Å². The highest BCUT2D eigenvalue weighted by Crippen LogP contribution is 2.03. The summed E-state index contributed by atoms with van der Waals surface area (Å²) in [5, 5.41) is 11.4. The van der Waals surface area contributed by atoms with Gasteiger partial charge in [-0.2, -0.15) is 0 Å². The van der Waals surface area contributed by atoms with Crippen LogP contribution in [0.4, 0.5) is 0 Å². The fraction of sp³-hybridized carbons (Fsp3) is 0.750. The molecule has 4 nitrogen and oxygen atoms in total. The first-order valence-corrected chi connectivity index (χ1v) is 4.03. The molecule has 0 heterocycles. The monoisotopic (exact) mass is 173 g/mol. The average molecular weight is 173 g/mol. The molecule has 2 N–H and O–H groups in total. The van der Waals surface area contributed by atoms with E-state index in [1.165, 1.54) is 0 Å². The van der Waals surface area contributed by atoms with Gasteiger partial charge in [-0.3, -0.25) is 4.79 Å². The molecular formula is C8H15NO3. The van der Waals surface area contributed by atoms with Gasteiger partial charge >= 0.3 is 5.97 Å². The van der Waals surface area contributed by atoms with Crippen molar-refractivity contribution in [2.45, 2.75) is 31.7 Å². The number of rotatable bonds is 7. The molecule has 0 spiro atoms. The van der Waals surface area contributed by atoms with Crippen molar-refractivity contribution in [2.75, 3.05) is 7.05 Å². The molecule has 0 aromatic carbocycles. The second-order valence-electron chi connectivity index (χ2n) is 2.66. The lowest BCUT2D eigenvalue weighted by atomic mass is 10.1. The van der Waals surface area contributed by atoms with Gasteiger partial charge in [0.1, 0.15) is 6.29 Å². The van der Waals surface area contributed by atoms with E-state index in [1.807, 2.05) is 0 Å². The quantitative estimate of drug-likeness (QED) is 0.547. The van der Waals surface area contributed by atoms with E-state index in [2.05, 4.69) is 5.32 Å². The number of nitrogens with one attached hydrogen (secondary N) is 1. The zero-order chi connectivity index (χ0) is 9.40. The fourth-order valence-electron chi connectivity index (χ4n) is 1.000. The molecule has 0 amide bonds. The van der Waals surface area contributed by atoms with Gasteiger partial charge in [0.05, 0.1) is 0 Å². The van der Waals surface area contributed by atoms with Crippen LogP contribution in [0.25, 0.3) is 0 Å². The molecule has 1 unspecified atom stereocenters. The number of aliphatic carboxylic acids is 1. The third-order valence-electron chi connectivity index (χ3n) is 1.75. The van der Waals surface area contributed by atoms with E-state index < -0.39 is 5.97 Å². The lowest BCUT2D eigenvalue weighted by Crippen LogP contribution is -2.25. The highest BCUT2D eigenvalue weighted by molar-refractivity contribution is 5.66. The SMILES string of the molecule is CNC(CCC=O)CCC(=O)O. The van der Waals surface area contributed by atoms with Crippen LogP contribution < -0.4 is 5.32 Å². The van der Waals surface area contributed by atoms with Crippen LogP contribution in [0.5, 0.6) is 0 Å². The van der Waals surface area contributed by atoms with Crippen LogP contribution in [0.3, 0.4) is 0 Å². The van der Waals surface area contributed by atoms with Gasteiger partial charge in [-0.1, -0.05) is 0 Å². The Morgan fingerprint density at radius 1 is 1.58 bits per heavy atom. The van der Waals surface area contributed by atoms with Crippen molar-refractivity contribution in [1.29, 1.82) is 0 Å². The van der Waals surface area contributed by atoms with Crippen LogP contribution in [0.15, 0.2) is 0 Å². The lowest BCUT2D eigenvalue weighted by molar-refractivity contribution is -0.137. The highest BCUT2D eigenvalue weighted by atomic mass is 16.4. The van der Waals surface area contributed by atoms with Gasteiger partial charge in [-0.25, -0.2) is 0 Å². The van der Waals surface area contributed by atoms with Gasteiger partial charge < -0.3 is 15.2 Å². The summed E-state index contributed by atoms with van der Waals surface area (Å²) >= 11 is 0. The van der Waals surface area contributed by atoms with Crippen LogP contribution in [-0.4, -0.2) is 30.5 Å². The predicted molar refractivity (Wildman–Crippen MR) is 45.0 cm³/mol. The number of carbonyl (C=O) groups excluding carboxylic acids is 1. The molecule has 0 radical (unpaired) electrons. The molecule has 12 heavy (non-hydrogen) atoms. The number of hydrogen-bond donors (Lipinski definition) is 2. The van der Waals surface area contributed by atoms with Crippen LogP contribution in [0, 0.1) is 0 Å². The molecule has 0 aliphatic heterocycles. The zero-order valence-electron chi connectivity index (χ0n) is 7.25. The molecule has 1 atom stereocenters. The summed E-state index contributed by atoms with van der Waals surface area (Å²) < 4.78 is 0. The third-order valence-corrected chi connectivity index (χ3v) is 1.75. The van der Waals surface area contributed by atoms with E-state index in [0.29, 0.717) is 19.3 Å². The largest absolute Gasteiger partial charge is 0.481 e. The van der Waals surface area contributed by atoms with Gasteiger partial charge in [0.15, 0.2) is 0 Å². The van der Waals surface area contributed by atoms with E-state index in [9.17, 15) is 9.59 Å². The maximum atomic E-state index is 10.2. The first kappa shape index (κ1) is 11.1. The van der Waals surface area contributed by atoms with Crippen LogP contribution in [-0.2, 0) is 9.59 Å². The minimum Gasteiger partial charge on any atom is -0.481 e. The fourth-order valence-corrected chi connectivity index (χ4v) is 1.000. The molecule has 0 aliphatic carbocycles. The summed E-state index contributed by atoms with van der Waals surface area (Å²) in [6, 6.07) is 0.145. The molecule has 0 fully saturated rings. The summed E-state index contributed by atoms with van der Waals surface area (Å²) in [5.41, 5.74) is 0. The summed E-state index contributed by atoms with van der Waals surface area (Å²) in [7, 11) is 1.78. The van der Waals surface area contributed by atoms with Crippen molar-refractivity contribution in [3.63, 3.8) is 0 Å². The van der Waals surface area contributed by atoms with Crippen molar-refractivity contribution < 1.29 is 14.7 Å². The van der Waals surface area contributed by atoms with Gasteiger partial charge in [0.2, 0.25) is 0 Å². The van der Waals surface area contributed by atoms with Gasteiger partial charge in [-0.05, 0) is 19.9 Å². The Hall–Kier alpha value is -0.900. The number of hydrogen-bond acceptors (Lipinski definition) is 3. The Kier molecular flexibility index (Phi) is 6.28. The van der Waals surface area contributed by atoms with Gasteiger partial charge in [-0.15, -0.1) is 0 Å². The van der Waals surface area contributed by atoms with E-state index in [-0.39, 0.29) is 12.5 Å². The topological polar surface area (TPSA) is 66.4 Å². The summed E-state index contributed by atoms with van der Waals surface area (Å²) in [6.07, 6.45) is 2.80. The molecule has 0 aliphatic rings. The minimum absolute atomic E-state index is 0.145. The third kappa shape index (κ3) is 5.85. The molecule has 0 saturated heterocycles. The van der Waals surface area contributed by atoms with Crippen LogP contribution in [0.2, 0.25) is 0 Å². The van der Waals surface area contributed by atoms with Gasteiger partial charge in [0, 0.05) is 18.9 Å². The van der Waals surface area contributed by atoms with Crippen LogP contribution in [0.1, 0.15) is 25.7 Å². The molecule has 0 aromatic heterocycles. The zero-order valence-corrected chi connectivity index (χ0v) is 7.25. The number of carboxylic acid groups (broad SMARTS) is 1. The van der Waals surface area contributed by atoms with E-state index in [4.69, 9.17) is 5.11 Å². The minimum atomic E-state index is -0.790. The Morgan fingerprint density at radius 2 is 2.25 bits per heavy atom. The second kappa shape index (κ2) is 6.79. The average Bonchev–Trinajstić information content (AvgIpc) is 2.05. The van der Waals surface area contributed by atoms with Crippen LogP contribution >= 0.6 is 0 Å². The Bertz CT molecular complexity index is 147. The number of aldehydes is 1. The van der Waals surface area contributed by atoms with Crippen molar-refractivity contribution in [2.24, 2.45) is 0 Å². The first-order valence-electron chi connectivity index (χ1n) is 4.03. The smallest absolute Gasteiger partial charge is 0.303 e. The molecule has 0 rings (SSSR count). The summed E-state index contributed by atoms with van der Waals surface area (Å²) in [5.74, 6) is -0.790. The first-order chi connectivity index (χ1) is 5.70. The normalized spacial score (nSPS) is 12.4. The molecule has 70 valence electrons. The Morgan fingerprint density at radius 3 is 2.67 bits per heavy atom. The van der Waals surface area contributed by atoms with Crippen molar-refractivity contribution >= 4 is 12.3 Å². The van der Waals surface area contributed by atoms with E-state index >= 15 is 0 Å². The summed E-state index contributed by atoms with van der Waals surface area (Å²) in [4.78, 5) is 20.2. The lowest BCUT2D eigenvalue weighted by Gasteiger charge is -2.12. The molecule has 4 heteroatoms. The molecule has 0 saturated carbocycles. The second-order valence-corrected chi connectivity index (χ2v) is 2.66. The summed E-state index contributed by atoms with van der Waals surface area (Å²) in [6.45, 7) is 0. The van der Waals surface area contributed by atoms with E-state index in [0.717, 1.165) is 6.29 Å². The van der Waals surface area contributed by atoms with Gasteiger partial charge in [0.25, 0.3) is 0 Å². The number of carboxylic acids is 1. The van der Waals surface area contributed by atoms with Crippen molar-refractivity contribution in [1.82, 2.24) is 5.32 Å². The van der Waals surface area contributed by atoms with Crippen molar-refractivity contribution in [3.8, 4) is 0 Å². The maximum Gasteiger partial charge on any atom is 0.303 e.